The molecule has 1 aromatic heterocycles. The first kappa shape index (κ1) is 30.2. The molecule has 3 heterocycles. The molecule has 2 aromatic carbocycles. The standard InChI is InChI=1S/C33H43N7O3/c1-6-32(41)35-28-21-26(12-10-23(28)2)43-30-22-31(36-37-33(30)40-16-8-7-9-17-40)34-27-13-11-25(20-29(27)42-5)39-18-14-24(15-19-39)38(3)4/h6,10-13,20-22,24H,1,7-9,14-19H2,2-5H3,(H,34,36)(H,35,41). The number of aryl methyl sites for hydroxylation is 1. The molecule has 10 heteroatoms. The number of benzene rings is 2. The van der Waals surface area contributed by atoms with E-state index < -0.39 is 0 Å². The largest absolute Gasteiger partial charge is 0.494 e. The van der Waals surface area contributed by atoms with Crippen LogP contribution in [0.25, 0.3) is 0 Å². The Hall–Kier alpha value is -4.31. The van der Waals surface area contributed by atoms with Gasteiger partial charge in [0, 0.05) is 61.8 Å². The van der Waals surface area contributed by atoms with Gasteiger partial charge in [0.05, 0.1) is 12.8 Å². The fraction of sp³-hybridized carbons (Fsp3) is 0.424. The van der Waals surface area contributed by atoms with E-state index in [2.05, 4.69) is 68.3 Å². The number of ether oxygens (including phenoxy) is 2. The van der Waals surface area contributed by atoms with Gasteiger partial charge in [0.1, 0.15) is 11.5 Å². The number of piperidine rings is 2. The van der Waals surface area contributed by atoms with Crippen LogP contribution in [0.15, 0.2) is 55.1 Å². The van der Waals surface area contributed by atoms with Gasteiger partial charge in [0.25, 0.3) is 0 Å². The Bertz CT molecular complexity index is 1430. The molecular formula is C33H43N7O3. The second-order valence-electron chi connectivity index (χ2n) is 11.4. The summed E-state index contributed by atoms with van der Waals surface area (Å²) < 4.78 is 12.2. The Labute approximate surface area is 254 Å². The molecule has 43 heavy (non-hydrogen) atoms. The van der Waals surface area contributed by atoms with Gasteiger partial charge in [-0.1, -0.05) is 12.6 Å². The van der Waals surface area contributed by atoms with E-state index in [4.69, 9.17) is 9.47 Å². The number of aromatic nitrogens is 2. The van der Waals surface area contributed by atoms with Crippen molar-refractivity contribution in [1.29, 1.82) is 0 Å². The van der Waals surface area contributed by atoms with Crippen LogP contribution >= 0.6 is 0 Å². The number of rotatable bonds is 10. The van der Waals surface area contributed by atoms with Gasteiger partial charge in [-0.2, -0.15) is 0 Å². The minimum absolute atomic E-state index is 0.274. The smallest absolute Gasteiger partial charge is 0.247 e. The lowest BCUT2D eigenvalue weighted by Gasteiger charge is -2.36. The van der Waals surface area contributed by atoms with E-state index >= 15 is 0 Å². The van der Waals surface area contributed by atoms with Crippen molar-refractivity contribution in [2.45, 2.75) is 45.1 Å². The monoisotopic (exact) mass is 585 g/mol. The van der Waals surface area contributed by atoms with Crippen molar-refractivity contribution >= 4 is 34.6 Å². The molecule has 0 aliphatic carbocycles. The maximum atomic E-state index is 12.0. The molecule has 0 spiro atoms. The van der Waals surface area contributed by atoms with Crippen molar-refractivity contribution in [3.63, 3.8) is 0 Å². The van der Waals surface area contributed by atoms with Crippen molar-refractivity contribution in [2.75, 3.05) is 67.8 Å². The van der Waals surface area contributed by atoms with Gasteiger partial charge in [-0.3, -0.25) is 4.79 Å². The molecule has 0 saturated carbocycles. The van der Waals surface area contributed by atoms with Crippen LogP contribution in [-0.2, 0) is 4.79 Å². The quantitative estimate of drug-likeness (QED) is 0.279. The molecule has 1 amide bonds. The van der Waals surface area contributed by atoms with Crippen molar-refractivity contribution in [3.05, 3.63) is 60.7 Å². The first-order chi connectivity index (χ1) is 20.8. The second kappa shape index (κ2) is 13.8. The fourth-order valence-corrected chi connectivity index (χ4v) is 5.70. The maximum Gasteiger partial charge on any atom is 0.247 e. The molecule has 2 saturated heterocycles. The molecule has 5 rings (SSSR count). The zero-order chi connectivity index (χ0) is 30.3. The highest BCUT2D eigenvalue weighted by atomic mass is 16.5. The third kappa shape index (κ3) is 7.37. The summed E-state index contributed by atoms with van der Waals surface area (Å²) in [5.74, 6) is 2.87. The summed E-state index contributed by atoms with van der Waals surface area (Å²) in [4.78, 5) is 18.9. The molecule has 0 radical (unpaired) electrons. The van der Waals surface area contributed by atoms with Crippen LogP contribution in [0.2, 0.25) is 0 Å². The van der Waals surface area contributed by atoms with Crippen LogP contribution in [0, 0.1) is 6.92 Å². The van der Waals surface area contributed by atoms with Gasteiger partial charge in [0.15, 0.2) is 17.4 Å². The molecule has 2 aliphatic rings. The summed E-state index contributed by atoms with van der Waals surface area (Å²) in [6, 6.07) is 14.3. The van der Waals surface area contributed by atoms with Crippen LogP contribution in [0.3, 0.4) is 0 Å². The molecule has 228 valence electrons. The van der Waals surface area contributed by atoms with E-state index in [1.807, 2.05) is 37.3 Å². The topological polar surface area (TPSA) is 95.1 Å². The van der Waals surface area contributed by atoms with Crippen molar-refractivity contribution in [1.82, 2.24) is 15.1 Å². The number of methoxy groups -OCH3 is 1. The molecular weight excluding hydrogens is 542 g/mol. The second-order valence-corrected chi connectivity index (χ2v) is 11.4. The fourth-order valence-electron chi connectivity index (χ4n) is 5.70. The van der Waals surface area contributed by atoms with E-state index in [-0.39, 0.29) is 5.91 Å². The number of carbonyl (C=O) groups is 1. The predicted molar refractivity (Wildman–Crippen MR) is 173 cm³/mol. The minimum Gasteiger partial charge on any atom is -0.494 e. The molecule has 2 fully saturated rings. The van der Waals surface area contributed by atoms with E-state index in [0.717, 1.165) is 74.6 Å². The van der Waals surface area contributed by atoms with E-state index in [1.54, 1.807) is 7.11 Å². The van der Waals surface area contributed by atoms with Gasteiger partial charge >= 0.3 is 0 Å². The van der Waals surface area contributed by atoms with Crippen molar-refractivity contribution in [3.8, 4) is 17.2 Å². The summed E-state index contributed by atoms with van der Waals surface area (Å²) in [7, 11) is 6.00. The zero-order valence-electron chi connectivity index (χ0n) is 25.7. The van der Waals surface area contributed by atoms with Gasteiger partial charge in [-0.15, -0.1) is 10.2 Å². The lowest BCUT2D eigenvalue weighted by atomic mass is 10.0. The lowest BCUT2D eigenvalue weighted by Crippen LogP contribution is -2.41. The average molecular weight is 586 g/mol. The third-order valence-corrected chi connectivity index (χ3v) is 8.28. The highest BCUT2D eigenvalue weighted by Crippen LogP contribution is 2.37. The molecule has 3 aromatic rings. The summed E-state index contributed by atoms with van der Waals surface area (Å²) in [5.41, 5.74) is 3.53. The van der Waals surface area contributed by atoms with Crippen LogP contribution in [-0.4, -0.2) is 74.4 Å². The Morgan fingerprint density at radius 1 is 0.953 bits per heavy atom. The number of hydrogen-bond donors (Lipinski definition) is 2. The van der Waals surface area contributed by atoms with Gasteiger partial charge in [0.2, 0.25) is 5.91 Å². The molecule has 2 N–H and O–H groups in total. The average Bonchev–Trinajstić information content (AvgIpc) is 3.03. The van der Waals surface area contributed by atoms with Gasteiger partial charge in [-0.05, 0) is 83.0 Å². The summed E-state index contributed by atoms with van der Waals surface area (Å²) >= 11 is 0. The molecule has 0 bridgehead atoms. The first-order valence-corrected chi connectivity index (χ1v) is 15.1. The SMILES string of the molecule is C=CC(=O)Nc1cc(Oc2cc(Nc3ccc(N4CCC(N(C)C)CC4)cc3OC)nnc2N2CCCCC2)ccc1C. The predicted octanol–water partition coefficient (Wildman–Crippen LogP) is 5.97. The summed E-state index contributed by atoms with van der Waals surface area (Å²) in [6.07, 6.45) is 6.92. The summed E-state index contributed by atoms with van der Waals surface area (Å²) in [6.45, 7) is 9.30. The maximum absolute atomic E-state index is 12.0. The summed E-state index contributed by atoms with van der Waals surface area (Å²) in [5, 5.41) is 15.4. The van der Waals surface area contributed by atoms with Crippen LogP contribution in [0.1, 0.15) is 37.7 Å². The number of amides is 1. The number of hydrogen-bond acceptors (Lipinski definition) is 9. The first-order valence-electron chi connectivity index (χ1n) is 15.1. The Morgan fingerprint density at radius 2 is 1.72 bits per heavy atom. The van der Waals surface area contributed by atoms with Crippen LogP contribution in [0.4, 0.5) is 28.7 Å². The van der Waals surface area contributed by atoms with E-state index in [1.165, 1.54) is 12.5 Å². The van der Waals surface area contributed by atoms with Crippen LogP contribution in [0.5, 0.6) is 17.2 Å². The highest BCUT2D eigenvalue weighted by Gasteiger charge is 2.23. The lowest BCUT2D eigenvalue weighted by molar-refractivity contribution is -0.111. The Balaban J connectivity index is 1.39. The van der Waals surface area contributed by atoms with E-state index in [0.29, 0.717) is 34.9 Å². The van der Waals surface area contributed by atoms with Crippen molar-refractivity contribution in [2.24, 2.45) is 0 Å². The number of carbonyl (C=O) groups excluding carboxylic acids is 1. The Morgan fingerprint density at radius 3 is 2.42 bits per heavy atom. The van der Waals surface area contributed by atoms with Crippen molar-refractivity contribution < 1.29 is 14.3 Å². The van der Waals surface area contributed by atoms with E-state index in [9.17, 15) is 4.79 Å². The van der Waals surface area contributed by atoms with Gasteiger partial charge in [-0.25, -0.2) is 0 Å². The highest BCUT2D eigenvalue weighted by molar-refractivity contribution is 5.99. The van der Waals surface area contributed by atoms with Crippen LogP contribution < -0.4 is 29.9 Å². The number of nitrogens with one attached hydrogen (secondary N) is 2. The molecule has 0 unspecified atom stereocenters. The molecule has 0 atom stereocenters. The number of anilines is 5. The molecule has 10 nitrogen and oxygen atoms in total. The minimum atomic E-state index is -0.274. The molecule has 2 aliphatic heterocycles. The number of nitrogens with zero attached hydrogens (tertiary/aromatic N) is 5. The zero-order valence-corrected chi connectivity index (χ0v) is 25.7. The Kier molecular flexibility index (Phi) is 9.66. The third-order valence-electron chi connectivity index (χ3n) is 8.28. The normalized spacial score (nSPS) is 15.7. The van der Waals surface area contributed by atoms with Gasteiger partial charge < -0.3 is 34.8 Å².